The van der Waals surface area contributed by atoms with Crippen molar-refractivity contribution < 1.29 is 24.2 Å². The lowest BCUT2D eigenvalue weighted by Gasteiger charge is -2.24. The first-order chi connectivity index (χ1) is 14.3. The highest BCUT2D eigenvalue weighted by molar-refractivity contribution is 7.15. The topological polar surface area (TPSA) is 92.7 Å². The summed E-state index contributed by atoms with van der Waals surface area (Å²) in [6.07, 6.45) is 3.86. The molecule has 1 aromatic carbocycles. The Morgan fingerprint density at radius 2 is 1.80 bits per heavy atom. The molecular weight excluding hydrogens is 426 g/mol. The van der Waals surface area contributed by atoms with Crippen molar-refractivity contribution in [2.75, 3.05) is 5.32 Å². The number of anilines is 1. The van der Waals surface area contributed by atoms with Crippen LogP contribution in [0.4, 0.5) is 5.00 Å². The molecule has 2 N–H and O–H groups in total. The van der Waals surface area contributed by atoms with Crippen LogP contribution in [0, 0.1) is 11.8 Å². The van der Waals surface area contributed by atoms with E-state index in [1.165, 1.54) is 11.3 Å². The van der Waals surface area contributed by atoms with Gasteiger partial charge in [-0.05, 0) is 32.8 Å². The van der Waals surface area contributed by atoms with Crippen molar-refractivity contribution in [3.8, 4) is 11.1 Å². The number of rotatable bonds is 6. The molecule has 158 valence electrons. The van der Waals surface area contributed by atoms with Crippen LogP contribution in [0.25, 0.3) is 11.1 Å². The van der Waals surface area contributed by atoms with Crippen LogP contribution in [-0.2, 0) is 14.3 Å². The highest BCUT2D eigenvalue weighted by Crippen LogP contribution is 2.40. The Labute approximate surface area is 183 Å². The largest absolute Gasteiger partial charge is 0.481 e. The van der Waals surface area contributed by atoms with Crippen molar-refractivity contribution in [2.45, 2.75) is 32.8 Å². The first kappa shape index (κ1) is 22.1. The Kier molecular flexibility index (Phi) is 6.95. The SMILES string of the molecule is CC(C)OC(=O)c1c(-c2ccccc2Cl)csc1NC(=O)[C@@H]1CC=CC[C@H]1C(=O)O. The number of halogens is 1. The molecule has 8 heteroatoms. The molecule has 6 nitrogen and oxygen atoms in total. The maximum Gasteiger partial charge on any atom is 0.342 e. The number of ether oxygens (including phenoxy) is 1. The molecule has 0 aliphatic heterocycles. The first-order valence-electron chi connectivity index (χ1n) is 9.55. The van der Waals surface area contributed by atoms with Gasteiger partial charge in [0.1, 0.15) is 10.6 Å². The van der Waals surface area contributed by atoms with Gasteiger partial charge in [-0.25, -0.2) is 4.79 Å². The lowest BCUT2D eigenvalue weighted by Crippen LogP contribution is -2.34. The molecule has 1 aromatic heterocycles. The summed E-state index contributed by atoms with van der Waals surface area (Å²) < 4.78 is 5.39. The summed E-state index contributed by atoms with van der Waals surface area (Å²) in [5, 5.41) is 14.7. The highest BCUT2D eigenvalue weighted by Gasteiger charge is 2.35. The Bertz CT molecular complexity index is 997. The fourth-order valence-corrected chi connectivity index (χ4v) is 4.57. The molecule has 0 spiro atoms. The molecule has 0 radical (unpaired) electrons. The van der Waals surface area contributed by atoms with E-state index in [4.69, 9.17) is 16.3 Å². The Hall–Kier alpha value is -2.64. The smallest absolute Gasteiger partial charge is 0.342 e. The zero-order valence-electron chi connectivity index (χ0n) is 16.6. The molecule has 0 bridgehead atoms. The number of benzene rings is 1. The van der Waals surface area contributed by atoms with E-state index in [-0.39, 0.29) is 11.7 Å². The van der Waals surface area contributed by atoms with Gasteiger partial charge in [0.25, 0.3) is 0 Å². The van der Waals surface area contributed by atoms with E-state index < -0.39 is 29.7 Å². The number of amides is 1. The van der Waals surface area contributed by atoms with Crippen LogP contribution in [0.1, 0.15) is 37.0 Å². The molecule has 0 saturated heterocycles. The van der Waals surface area contributed by atoms with Gasteiger partial charge in [-0.2, -0.15) is 0 Å². The lowest BCUT2D eigenvalue weighted by atomic mass is 9.82. The number of esters is 1. The van der Waals surface area contributed by atoms with Gasteiger partial charge in [0.05, 0.1) is 17.9 Å². The minimum Gasteiger partial charge on any atom is -0.481 e. The lowest BCUT2D eigenvalue weighted by molar-refractivity contribution is -0.146. The average Bonchev–Trinajstić information content (AvgIpc) is 3.11. The van der Waals surface area contributed by atoms with Gasteiger partial charge in [0.2, 0.25) is 5.91 Å². The maximum absolute atomic E-state index is 12.9. The van der Waals surface area contributed by atoms with Crippen molar-refractivity contribution in [3.05, 3.63) is 52.4 Å². The van der Waals surface area contributed by atoms with Gasteiger partial charge in [-0.15, -0.1) is 11.3 Å². The zero-order chi connectivity index (χ0) is 21.8. The van der Waals surface area contributed by atoms with Crippen molar-refractivity contribution >= 4 is 45.8 Å². The molecule has 0 saturated carbocycles. The second-order valence-corrected chi connectivity index (χ2v) is 8.56. The van der Waals surface area contributed by atoms with Gasteiger partial charge < -0.3 is 15.2 Å². The van der Waals surface area contributed by atoms with Crippen LogP contribution < -0.4 is 5.32 Å². The Morgan fingerprint density at radius 1 is 1.13 bits per heavy atom. The van der Waals surface area contributed by atoms with E-state index >= 15 is 0 Å². The monoisotopic (exact) mass is 447 g/mol. The summed E-state index contributed by atoms with van der Waals surface area (Å²) >= 11 is 7.50. The number of carbonyl (C=O) groups excluding carboxylic acids is 2. The van der Waals surface area contributed by atoms with Crippen LogP contribution >= 0.6 is 22.9 Å². The van der Waals surface area contributed by atoms with Crippen LogP contribution in [-0.4, -0.2) is 29.1 Å². The molecule has 30 heavy (non-hydrogen) atoms. The number of thiophene rings is 1. The number of nitrogens with one attached hydrogen (secondary N) is 1. The van der Waals surface area contributed by atoms with Crippen LogP contribution in [0.2, 0.25) is 5.02 Å². The number of hydrogen-bond donors (Lipinski definition) is 2. The maximum atomic E-state index is 12.9. The van der Waals surface area contributed by atoms with E-state index in [2.05, 4.69) is 5.32 Å². The molecular formula is C22H22ClNO5S. The minimum absolute atomic E-state index is 0.216. The van der Waals surface area contributed by atoms with Crippen LogP contribution in [0.3, 0.4) is 0 Å². The van der Waals surface area contributed by atoms with Gasteiger partial charge in [0.15, 0.2) is 0 Å². The molecule has 0 unspecified atom stereocenters. The summed E-state index contributed by atoms with van der Waals surface area (Å²) in [6.45, 7) is 3.48. The first-order valence-corrected chi connectivity index (χ1v) is 10.8. The van der Waals surface area contributed by atoms with Gasteiger partial charge >= 0.3 is 11.9 Å². The summed E-state index contributed by atoms with van der Waals surface area (Å²) in [5.74, 6) is -3.54. The number of carbonyl (C=O) groups is 3. The molecule has 3 rings (SSSR count). The van der Waals surface area contributed by atoms with E-state index in [1.807, 2.05) is 0 Å². The fourth-order valence-electron chi connectivity index (χ4n) is 3.38. The predicted molar refractivity (Wildman–Crippen MR) is 117 cm³/mol. The Balaban J connectivity index is 1.97. The predicted octanol–water partition coefficient (Wildman–Crippen LogP) is 5.24. The number of carboxylic acids is 1. The molecule has 2 atom stereocenters. The second-order valence-electron chi connectivity index (χ2n) is 7.27. The average molecular weight is 448 g/mol. The summed E-state index contributed by atoms with van der Waals surface area (Å²) in [7, 11) is 0. The quantitative estimate of drug-likeness (QED) is 0.466. The zero-order valence-corrected chi connectivity index (χ0v) is 18.1. The molecule has 1 aliphatic carbocycles. The standard InChI is InChI=1S/C22H22ClNO5S/c1-12(2)29-22(28)18-16(13-7-5-6-10-17(13)23)11-30-20(18)24-19(25)14-8-3-4-9-15(14)21(26)27/h3-7,10-12,14-15H,8-9H2,1-2H3,(H,24,25)(H,26,27)/t14-,15-/m1/s1. The number of hydrogen-bond acceptors (Lipinski definition) is 5. The third-order valence-electron chi connectivity index (χ3n) is 4.83. The number of aliphatic carboxylic acids is 1. The number of allylic oxidation sites excluding steroid dienone is 2. The highest BCUT2D eigenvalue weighted by atomic mass is 35.5. The second kappa shape index (κ2) is 9.45. The van der Waals surface area contributed by atoms with Crippen molar-refractivity contribution in [3.63, 3.8) is 0 Å². The molecule has 1 amide bonds. The van der Waals surface area contributed by atoms with E-state index in [0.29, 0.717) is 34.0 Å². The van der Waals surface area contributed by atoms with E-state index in [1.54, 1.807) is 55.6 Å². The summed E-state index contributed by atoms with van der Waals surface area (Å²) in [6, 6.07) is 7.10. The third kappa shape index (κ3) is 4.74. The van der Waals surface area contributed by atoms with Crippen molar-refractivity contribution in [1.29, 1.82) is 0 Å². The number of carboxylic acid groups (broad SMARTS) is 1. The molecule has 0 fully saturated rings. The Morgan fingerprint density at radius 3 is 2.43 bits per heavy atom. The third-order valence-corrected chi connectivity index (χ3v) is 6.05. The molecule has 1 heterocycles. The van der Waals surface area contributed by atoms with Gasteiger partial charge in [0, 0.05) is 21.5 Å². The molecule has 2 aromatic rings. The van der Waals surface area contributed by atoms with Crippen molar-refractivity contribution in [1.82, 2.24) is 0 Å². The van der Waals surface area contributed by atoms with Gasteiger partial charge in [-0.1, -0.05) is 42.0 Å². The van der Waals surface area contributed by atoms with Gasteiger partial charge in [-0.3, -0.25) is 9.59 Å². The van der Waals surface area contributed by atoms with Crippen LogP contribution in [0.15, 0.2) is 41.8 Å². The normalized spacial score (nSPS) is 18.3. The van der Waals surface area contributed by atoms with E-state index in [0.717, 1.165) is 0 Å². The van der Waals surface area contributed by atoms with Crippen molar-refractivity contribution in [2.24, 2.45) is 11.8 Å². The summed E-state index contributed by atoms with van der Waals surface area (Å²) in [4.78, 5) is 37.3. The van der Waals surface area contributed by atoms with E-state index in [9.17, 15) is 19.5 Å². The molecule has 1 aliphatic rings. The minimum atomic E-state index is -1.01. The fraction of sp³-hybridized carbons (Fsp3) is 0.318. The van der Waals surface area contributed by atoms with Crippen LogP contribution in [0.5, 0.6) is 0 Å². The summed E-state index contributed by atoms with van der Waals surface area (Å²) in [5.41, 5.74) is 1.42.